The van der Waals surface area contributed by atoms with Gasteiger partial charge in [0.25, 0.3) is 0 Å². The van der Waals surface area contributed by atoms with Crippen molar-refractivity contribution in [1.82, 2.24) is 4.72 Å². The van der Waals surface area contributed by atoms with Gasteiger partial charge in [-0.2, -0.15) is 24.9 Å². The largest absolute Gasteiger partial charge is 1.00 e. The van der Waals surface area contributed by atoms with Crippen LogP contribution < -0.4 is 34.3 Å². The third-order valence-electron chi connectivity index (χ3n) is 2.00. The predicted octanol–water partition coefficient (Wildman–Crippen LogP) is -2.36. The fourth-order valence-corrected chi connectivity index (χ4v) is 3.36. The van der Waals surface area contributed by atoms with E-state index in [-0.39, 0.29) is 37.0 Å². The molecule has 0 bridgehead atoms. The van der Waals surface area contributed by atoms with Crippen LogP contribution in [-0.4, -0.2) is 30.5 Å². The zero-order chi connectivity index (χ0) is 9.19. The molecule has 0 radical (unpaired) electrons. The molecule has 1 aliphatic rings. The molecule has 2 unspecified atom stereocenters. The maximum Gasteiger partial charge on any atom is 1.00 e. The van der Waals surface area contributed by atoms with E-state index >= 15 is 0 Å². The van der Waals surface area contributed by atoms with E-state index in [1.54, 1.807) is 11.8 Å². The van der Waals surface area contributed by atoms with Crippen LogP contribution in [0.15, 0.2) is 0 Å². The summed E-state index contributed by atoms with van der Waals surface area (Å²) in [6.45, 7) is 1.99. The first-order chi connectivity index (χ1) is 5.49. The van der Waals surface area contributed by atoms with Crippen molar-refractivity contribution in [2.45, 2.75) is 19.4 Å². The minimum absolute atomic E-state index is 0. The minimum atomic E-state index is -4.02. The van der Waals surface area contributed by atoms with Crippen molar-refractivity contribution in [2.75, 3.05) is 11.5 Å². The van der Waals surface area contributed by atoms with Gasteiger partial charge in [0.1, 0.15) is 0 Å². The summed E-state index contributed by atoms with van der Waals surface area (Å²) in [7, 11) is -4.02. The summed E-state index contributed by atoms with van der Waals surface area (Å²) in [4.78, 5) is 0. The smallest absolute Gasteiger partial charge is 1.00 e. The summed E-state index contributed by atoms with van der Waals surface area (Å²) in [5.74, 6) is 2.14. The molecule has 13 heavy (non-hydrogen) atoms. The van der Waals surface area contributed by atoms with E-state index in [1.165, 1.54) is 0 Å². The molecular formula is C6H14NNaO3S2. The maximum absolute atomic E-state index is 10.5. The molecule has 0 aromatic carbocycles. The first-order valence-electron chi connectivity index (χ1n) is 3.81. The number of hydrogen-bond donors (Lipinski definition) is 2. The molecular weight excluding hydrogens is 221 g/mol. The van der Waals surface area contributed by atoms with Crippen molar-refractivity contribution < 1.29 is 44.0 Å². The molecule has 0 aromatic heterocycles. The molecule has 7 heteroatoms. The van der Waals surface area contributed by atoms with Gasteiger partial charge in [-0.05, 0) is 18.1 Å². The van der Waals surface area contributed by atoms with Gasteiger partial charge in [-0.3, -0.25) is 4.55 Å². The molecule has 0 spiro atoms. The van der Waals surface area contributed by atoms with Crippen molar-refractivity contribution in [2.24, 2.45) is 5.92 Å². The van der Waals surface area contributed by atoms with Crippen LogP contribution in [0.3, 0.4) is 0 Å². The Bertz CT molecular complexity index is 249. The molecule has 1 rings (SSSR count). The summed E-state index contributed by atoms with van der Waals surface area (Å²) in [6.07, 6.45) is 0.998. The van der Waals surface area contributed by atoms with E-state index in [0.29, 0.717) is 5.92 Å². The first-order valence-corrected chi connectivity index (χ1v) is 6.41. The van der Waals surface area contributed by atoms with Gasteiger partial charge in [0.15, 0.2) is 0 Å². The second kappa shape index (κ2) is 5.95. The normalized spacial score (nSPS) is 29.4. The van der Waals surface area contributed by atoms with E-state index in [2.05, 4.69) is 4.72 Å². The van der Waals surface area contributed by atoms with Crippen LogP contribution in [0.4, 0.5) is 0 Å². The maximum atomic E-state index is 10.5. The quantitative estimate of drug-likeness (QED) is 0.415. The monoisotopic (exact) mass is 235 g/mol. The van der Waals surface area contributed by atoms with E-state index in [0.717, 1.165) is 17.9 Å². The predicted molar refractivity (Wildman–Crippen MR) is 50.7 cm³/mol. The van der Waals surface area contributed by atoms with Gasteiger partial charge in [0.05, 0.1) is 0 Å². The summed E-state index contributed by atoms with van der Waals surface area (Å²) in [5.41, 5.74) is 0. The zero-order valence-corrected chi connectivity index (χ0v) is 11.5. The Morgan fingerprint density at radius 1 is 1.62 bits per heavy atom. The van der Waals surface area contributed by atoms with Gasteiger partial charge < -0.3 is 1.43 Å². The molecule has 0 aromatic rings. The van der Waals surface area contributed by atoms with E-state index < -0.39 is 10.3 Å². The Hall–Kier alpha value is 1.22. The number of nitrogens with one attached hydrogen (secondary N) is 1. The van der Waals surface area contributed by atoms with Gasteiger partial charge in [0.2, 0.25) is 0 Å². The molecule has 1 heterocycles. The van der Waals surface area contributed by atoms with Gasteiger partial charge >= 0.3 is 39.9 Å². The molecule has 1 aliphatic heterocycles. The zero-order valence-electron chi connectivity index (χ0n) is 8.86. The molecule has 4 nitrogen and oxygen atoms in total. The summed E-state index contributed by atoms with van der Waals surface area (Å²) in [6, 6.07) is -0.112. The number of hydrogen-bond acceptors (Lipinski definition) is 3. The molecule has 0 amide bonds. The van der Waals surface area contributed by atoms with Crippen molar-refractivity contribution in [1.29, 1.82) is 0 Å². The van der Waals surface area contributed by atoms with E-state index in [4.69, 9.17) is 4.55 Å². The Morgan fingerprint density at radius 2 is 2.23 bits per heavy atom. The van der Waals surface area contributed by atoms with Crippen LogP contribution in [0.1, 0.15) is 14.8 Å². The molecule has 0 saturated carbocycles. The van der Waals surface area contributed by atoms with Crippen LogP contribution in [0, 0.1) is 5.92 Å². The fraction of sp³-hybridized carbons (Fsp3) is 1.00. The average Bonchev–Trinajstić information content (AvgIpc) is 1.91. The minimum Gasteiger partial charge on any atom is -1.00 e. The Balaban J connectivity index is 0. The van der Waals surface area contributed by atoms with Crippen molar-refractivity contribution in [3.05, 3.63) is 0 Å². The number of rotatable bonds is 2. The van der Waals surface area contributed by atoms with Crippen LogP contribution in [0.5, 0.6) is 0 Å². The molecule has 2 atom stereocenters. The average molecular weight is 235 g/mol. The van der Waals surface area contributed by atoms with Crippen LogP contribution >= 0.6 is 11.8 Å². The van der Waals surface area contributed by atoms with Gasteiger partial charge in [-0.25, -0.2) is 0 Å². The van der Waals surface area contributed by atoms with Gasteiger partial charge in [-0.1, -0.05) is 6.92 Å². The van der Waals surface area contributed by atoms with E-state index in [9.17, 15) is 8.42 Å². The Kier molecular flexibility index (Phi) is 6.50. The first kappa shape index (κ1) is 14.2. The molecule has 74 valence electrons. The SMILES string of the molecule is CC1CCSCC1NS(=O)(=O)O.[H-].[Na+]. The molecule has 0 aliphatic carbocycles. The van der Waals surface area contributed by atoms with Gasteiger partial charge in [0, 0.05) is 11.8 Å². The second-order valence-corrected chi connectivity index (χ2v) is 5.38. The van der Waals surface area contributed by atoms with Crippen molar-refractivity contribution >= 4 is 22.1 Å². The second-order valence-electron chi connectivity index (χ2n) is 3.04. The number of thioether (sulfide) groups is 1. The van der Waals surface area contributed by atoms with Crippen LogP contribution in [-0.2, 0) is 10.3 Å². The Morgan fingerprint density at radius 3 is 2.69 bits per heavy atom. The Labute approximate surface area is 107 Å². The van der Waals surface area contributed by atoms with Crippen LogP contribution in [0.25, 0.3) is 0 Å². The summed E-state index contributed by atoms with van der Waals surface area (Å²) in [5, 5.41) is 0. The van der Waals surface area contributed by atoms with Crippen LogP contribution in [0.2, 0.25) is 0 Å². The third kappa shape index (κ3) is 5.61. The standard InChI is InChI=1S/C6H13NO3S2.Na.H/c1-5-2-3-11-4-6(5)7-12(8,9)10;;/h5-7H,2-4H2,1H3,(H,8,9,10);;/q;+1;-1. The topological polar surface area (TPSA) is 66.4 Å². The molecule has 1 fully saturated rings. The molecule has 1 saturated heterocycles. The van der Waals surface area contributed by atoms with Gasteiger partial charge in [-0.15, -0.1) is 0 Å². The fourth-order valence-electron chi connectivity index (χ4n) is 1.19. The molecule has 2 N–H and O–H groups in total. The third-order valence-corrected chi connectivity index (χ3v) is 3.72. The summed E-state index contributed by atoms with van der Waals surface area (Å²) < 4.78 is 31.7. The van der Waals surface area contributed by atoms with E-state index in [1.807, 2.05) is 6.92 Å². The summed E-state index contributed by atoms with van der Waals surface area (Å²) >= 11 is 1.71. The van der Waals surface area contributed by atoms with Crippen molar-refractivity contribution in [3.8, 4) is 0 Å². The van der Waals surface area contributed by atoms with Crippen molar-refractivity contribution in [3.63, 3.8) is 0 Å².